The number of hydrogen-bond acceptors (Lipinski definition) is 0. The number of allylic oxidation sites excluding steroid dienone is 4. The summed E-state index contributed by atoms with van der Waals surface area (Å²) < 4.78 is 1.47. The van der Waals surface area contributed by atoms with Crippen molar-refractivity contribution in [3.05, 3.63) is 126 Å². The summed E-state index contributed by atoms with van der Waals surface area (Å²) in [5.74, 6) is 0. The number of benzene rings is 3. The van der Waals surface area contributed by atoms with Crippen LogP contribution in [-0.2, 0) is 25.9 Å². The molecule has 3 aromatic carbocycles. The summed E-state index contributed by atoms with van der Waals surface area (Å²) in [4.78, 5) is 0. The Kier molecular flexibility index (Phi) is 13.2. The van der Waals surface area contributed by atoms with Crippen molar-refractivity contribution in [3.8, 4) is 0 Å². The van der Waals surface area contributed by atoms with Crippen LogP contribution in [0.4, 0.5) is 0 Å². The van der Waals surface area contributed by atoms with Gasteiger partial charge in [-0.05, 0) is 0 Å². The van der Waals surface area contributed by atoms with Crippen LogP contribution in [0.5, 0.6) is 0 Å². The third-order valence-corrected chi connectivity index (χ3v) is 8.19. The van der Waals surface area contributed by atoms with E-state index in [0.717, 1.165) is 12.8 Å². The maximum atomic E-state index is 2.48. The normalized spacial score (nSPS) is 12.9. The molecule has 0 nitrogen and oxygen atoms in total. The van der Waals surface area contributed by atoms with Crippen LogP contribution in [0.3, 0.4) is 0 Å². The summed E-state index contributed by atoms with van der Waals surface area (Å²) in [6.45, 7) is 15.8. The first-order chi connectivity index (χ1) is 16.6. The van der Waals surface area contributed by atoms with Crippen LogP contribution < -0.4 is 37.2 Å². The van der Waals surface area contributed by atoms with E-state index < -0.39 is 0 Å². The van der Waals surface area contributed by atoms with E-state index in [0.29, 0.717) is 0 Å². The molecule has 0 amide bonds. The SMILES string of the molecule is CCCCC1=C(C(c2cc(C)cc(C)c2)(c2cc(C)cc(C)c2)c2cc(C)cc(C)c2)CC=[C]1[Ti+3].[Cl-].[Cl-].[Cl-]. The minimum Gasteiger partial charge on any atom is -1.00 e. The molecular formula is C34H39Cl3Ti. The molecule has 0 aromatic heterocycles. The molecule has 1 aliphatic carbocycles. The van der Waals surface area contributed by atoms with Crippen molar-refractivity contribution < 1.29 is 57.7 Å². The fraction of sp³-hybridized carbons (Fsp3) is 0.353. The molecule has 0 radical (unpaired) electrons. The van der Waals surface area contributed by atoms with Gasteiger partial charge >= 0.3 is 226 Å². The van der Waals surface area contributed by atoms with Gasteiger partial charge in [-0.1, -0.05) is 0 Å². The first kappa shape index (κ1) is 34.8. The van der Waals surface area contributed by atoms with Gasteiger partial charge in [-0.15, -0.1) is 0 Å². The van der Waals surface area contributed by atoms with Crippen LogP contribution in [0.15, 0.2) is 75.7 Å². The van der Waals surface area contributed by atoms with Crippen molar-refractivity contribution in [1.82, 2.24) is 0 Å². The van der Waals surface area contributed by atoms with E-state index >= 15 is 0 Å². The van der Waals surface area contributed by atoms with E-state index in [1.54, 1.807) is 11.1 Å². The third-order valence-electron chi connectivity index (χ3n) is 7.40. The van der Waals surface area contributed by atoms with Crippen LogP contribution in [-0.4, -0.2) is 0 Å². The van der Waals surface area contributed by atoms with E-state index in [-0.39, 0.29) is 42.6 Å². The zero-order chi connectivity index (χ0) is 25.3. The van der Waals surface area contributed by atoms with E-state index in [1.807, 2.05) is 0 Å². The summed E-state index contributed by atoms with van der Waals surface area (Å²) in [6.07, 6.45) is 7.08. The van der Waals surface area contributed by atoms with Crippen molar-refractivity contribution >= 4 is 0 Å². The fourth-order valence-corrected chi connectivity index (χ4v) is 6.82. The van der Waals surface area contributed by atoms with Gasteiger partial charge in [-0.3, -0.25) is 0 Å². The molecule has 38 heavy (non-hydrogen) atoms. The Morgan fingerprint density at radius 3 is 1.26 bits per heavy atom. The summed E-state index contributed by atoms with van der Waals surface area (Å²) >= 11 is 2.33. The molecule has 200 valence electrons. The van der Waals surface area contributed by atoms with Gasteiger partial charge in [0.1, 0.15) is 0 Å². The standard InChI is InChI=1S/C34H39.3ClH.Ti/c1-8-9-11-29-12-10-13-33(29)34(30-17-23(2)14-24(3)18-30,31-19-25(4)15-26(5)20-31)32-21-27(6)16-28(7)22-32;;;;/h10,14-22H,8-9,11,13H2,1-7H3;3*1H;/q;;;;+3/p-3. The molecular weight excluding hydrogens is 563 g/mol. The van der Waals surface area contributed by atoms with Crippen LogP contribution in [0.1, 0.15) is 82.7 Å². The molecule has 3 aromatic rings. The maximum absolute atomic E-state index is 2.48. The Morgan fingerprint density at radius 2 is 0.947 bits per heavy atom. The Bertz CT molecular complexity index is 1150. The Balaban J connectivity index is 0.00000241. The van der Waals surface area contributed by atoms with Crippen LogP contribution >= 0.6 is 0 Å². The molecule has 0 N–H and O–H groups in total. The van der Waals surface area contributed by atoms with Crippen molar-refractivity contribution in [1.29, 1.82) is 0 Å². The second-order valence-electron chi connectivity index (χ2n) is 10.8. The van der Waals surface area contributed by atoms with E-state index in [2.05, 4.69) is 130 Å². The van der Waals surface area contributed by atoms with Crippen LogP contribution in [0.25, 0.3) is 0 Å². The number of aryl methyl sites for hydroxylation is 6. The third kappa shape index (κ3) is 6.89. The van der Waals surface area contributed by atoms with Gasteiger partial charge in [-0.2, -0.15) is 0 Å². The van der Waals surface area contributed by atoms with E-state index in [9.17, 15) is 0 Å². The fourth-order valence-electron chi connectivity index (χ4n) is 6.23. The second kappa shape index (κ2) is 14.4. The zero-order valence-corrected chi connectivity index (χ0v) is 27.6. The zero-order valence-electron chi connectivity index (χ0n) is 23.7. The van der Waals surface area contributed by atoms with Gasteiger partial charge < -0.3 is 37.2 Å². The molecule has 0 fully saturated rings. The molecule has 4 heteroatoms. The second-order valence-corrected chi connectivity index (χ2v) is 11.6. The van der Waals surface area contributed by atoms with Gasteiger partial charge in [0.25, 0.3) is 0 Å². The summed E-state index contributed by atoms with van der Waals surface area (Å²) in [5.41, 5.74) is 15.0. The van der Waals surface area contributed by atoms with Gasteiger partial charge in [0.05, 0.1) is 0 Å². The molecule has 0 atom stereocenters. The van der Waals surface area contributed by atoms with E-state index in [1.165, 1.54) is 66.8 Å². The number of rotatable bonds is 7. The first-order valence-electron chi connectivity index (χ1n) is 13.1. The van der Waals surface area contributed by atoms with Gasteiger partial charge in [0.2, 0.25) is 0 Å². The molecule has 0 spiro atoms. The monoisotopic (exact) mass is 600 g/mol. The number of unbranched alkanes of at least 4 members (excludes halogenated alkanes) is 1. The molecule has 0 saturated heterocycles. The molecule has 0 saturated carbocycles. The van der Waals surface area contributed by atoms with Gasteiger partial charge in [0.15, 0.2) is 0 Å². The smallest absolute Gasteiger partial charge is 1.00 e. The largest absolute Gasteiger partial charge is 1.00 e. The average molecular weight is 602 g/mol. The topological polar surface area (TPSA) is 0 Å². The average Bonchev–Trinajstić information content (AvgIpc) is 3.11. The van der Waals surface area contributed by atoms with Crippen LogP contribution in [0, 0.1) is 41.5 Å². The Morgan fingerprint density at radius 1 is 0.605 bits per heavy atom. The minimum atomic E-state index is -0.318. The predicted molar refractivity (Wildman–Crippen MR) is 147 cm³/mol. The minimum absolute atomic E-state index is 0. The first-order valence-corrected chi connectivity index (χ1v) is 13.8. The Hall–Kier alpha value is -1.28. The van der Waals surface area contributed by atoms with Crippen molar-refractivity contribution in [2.45, 2.75) is 79.6 Å². The molecule has 0 aliphatic heterocycles. The van der Waals surface area contributed by atoms with Crippen LogP contribution in [0.2, 0.25) is 0 Å². The quantitative estimate of drug-likeness (QED) is 0.268. The number of halogens is 3. The van der Waals surface area contributed by atoms with Crippen molar-refractivity contribution in [2.24, 2.45) is 0 Å². The van der Waals surface area contributed by atoms with Crippen molar-refractivity contribution in [2.75, 3.05) is 0 Å². The summed E-state index contributed by atoms with van der Waals surface area (Å²) in [7, 11) is 0. The Labute approximate surface area is 261 Å². The number of hydrogen-bond donors (Lipinski definition) is 0. The molecule has 4 rings (SSSR count). The van der Waals surface area contributed by atoms with Crippen molar-refractivity contribution in [3.63, 3.8) is 0 Å². The van der Waals surface area contributed by atoms with Gasteiger partial charge in [-0.25, -0.2) is 0 Å². The molecule has 0 bridgehead atoms. The molecule has 0 unspecified atom stereocenters. The maximum Gasteiger partial charge on any atom is -1.00 e. The predicted octanol–water partition coefficient (Wildman–Crippen LogP) is 0.205. The molecule has 1 aliphatic rings. The van der Waals surface area contributed by atoms with E-state index in [4.69, 9.17) is 0 Å². The van der Waals surface area contributed by atoms with Gasteiger partial charge in [0, 0.05) is 0 Å². The summed E-state index contributed by atoms with van der Waals surface area (Å²) in [5, 5.41) is 0. The molecule has 0 heterocycles. The summed E-state index contributed by atoms with van der Waals surface area (Å²) in [6, 6.07) is 21.6.